The fraction of sp³-hybridized carbons (Fsp3) is 0.857. The van der Waals surface area contributed by atoms with Gasteiger partial charge in [0, 0.05) is 6.92 Å². The minimum atomic E-state index is -0.847. The average molecular weight is 179 g/mol. The molecule has 0 amide bonds. The van der Waals surface area contributed by atoms with Crippen LogP contribution in [0.15, 0.2) is 0 Å². The Kier molecular flexibility index (Phi) is 6.88. The van der Waals surface area contributed by atoms with Gasteiger partial charge in [-0.3, -0.25) is 4.79 Å². The molecule has 5 N–H and O–H groups in total. The summed E-state index contributed by atoms with van der Waals surface area (Å²) in [6, 6.07) is 0. The zero-order valence-corrected chi connectivity index (χ0v) is 7.61. The summed E-state index contributed by atoms with van der Waals surface area (Å²) in [7, 11) is 0. The second-order valence-electron chi connectivity index (χ2n) is 2.86. The second-order valence-corrected chi connectivity index (χ2v) is 2.86. The van der Waals surface area contributed by atoms with Gasteiger partial charge in [-0.1, -0.05) is 0 Å². The summed E-state index contributed by atoms with van der Waals surface area (Å²) in [5.74, 6) is -0.833. The van der Waals surface area contributed by atoms with Crippen LogP contribution in [-0.4, -0.2) is 39.5 Å². The summed E-state index contributed by atoms with van der Waals surface area (Å²) in [6.07, 6.45) is -0.660. The van der Waals surface area contributed by atoms with Gasteiger partial charge in [0.25, 0.3) is 5.97 Å². The lowest BCUT2D eigenvalue weighted by molar-refractivity contribution is -0.134. The number of aliphatic hydroxyl groups is 2. The molecule has 0 aliphatic heterocycles. The van der Waals surface area contributed by atoms with Crippen molar-refractivity contribution in [1.82, 2.24) is 0 Å². The first-order valence-corrected chi connectivity index (χ1v) is 3.51. The molecule has 0 rings (SSSR count). The number of hydrogen-bond acceptors (Lipinski definition) is 4. The first-order chi connectivity index (χ1) is 5.24. The summed E-state index contributed by atoms with van der Waals surface area (Å²) in [5.41, 5.74) is 4.51. The Bertz CT molecular complexity index is 129. The standard InChI is InChI=1S/C5H13NO2.C2H4O2/c1-4(8)5(2,6)3-7;1-2(3)4/h4,7-8H,3,6H2,1-2H3;1H3,(H,3,4)/t4-,5-;/m1./s1. The number of aliphatic carboxylic acids is 1. The zero-order valence-electron chi connectivity index (χ0n) is 7.61. The molecule has 0 aliphatic rings. The Labute approximate surface area is 71.8 Å². The van der Waals surface area contributed by atoms with E-state index in [2.05, 4.69) is 0 Å². The van der Waals surface area contributed by atoms with Gasteiger partial charge in [0.1, 0.15) is 0 Å². The summed E-state index contributed by atoms with van der Waals surface area (Å²) in [4.78, 5) is 9.00. The molecule has 2 atom stereocenters. The third-order valence-corrected chi connectivity index (χ3v) is 1.30. The van der Waals surface area contributed by atoms with Gasteiger partial charge in [0.15, 0.2) is 0 Å². The average Bonchev–Trinajstić information content (AvgIpc) is 1.86. The summed E-state index contributed by atoms with van der Waals surface area (Å²) in [5, 5.41) is 24.7. The Morgan fingerprint density at radius 3 is 1.92 bits per heavy atom. The van der Waals surface area contributed by atoms with Crippen molar-refractivity contribution in [3.05, 3.63) is 0 Å². The summed E-state index contributed by atoms with van der Waals surface area (Å²) in [6.45, 7) is 4.04. The number of carboxylic acids is 1. The molecule has 0 radical (unpaired) electrons. The Morgan fingerprint density at radius 2 is 1.92 bits per heavy atom. The van der Waals surface area contributed by atoms with Crippen LogP contribution in [0.25, 0.3) is 0 Å². The van der Waals surface area contributed by atoms with Crippen LogP contribution in [0.1, 0.15) is 20.8 Å². The van der Waals surface area contributed by atoms with Crippen molar-refractivity contribution in [3.63, 3.8) is 0 Å². The highest BCUT2D eigenvalue weighted by Gasteiger charge is 2.22. The predicted octanol–water partition coefficient (Wildman–Crippen LogP) is -0.832. The van der Waals surface area contributed by atoms with Gasteiger partial charge in [-0.2, -0.15) is 0 Å². The van der Waals surface area contributed by atoms with E-state index in [-0.39, 0.29) is 6.61 Å². The van der Waals surface area contributed by atoms with E-state index in [0.29, 0.717) is 0 Å². The van der Waals surface area contributed by atoms with Gasteiger partial charge in [-0.05, 0) is 13.8 Å². The molecule has 0 saturated heterocycles. The van der Waals surface area contributed by atoms with E-state index < -0.39 is 17.6 Å². The minimum Gasteiger partial charge on any atom is -0.481 e. The highest BCUT2D eigenvalue weighted by Crippen LogP contribution is 2.02. The van der Waals surface area contributed by atoms with Crippen LogP contribution in [0.4, 0.5) is 0 Å². The molecule has 0 heterocycles. The van der Waals surface area contributed by atoms with Crippen LogP contribution in [0.2, 0.25) is 0 Å². The van der Waals surface area contributed by atoms with E-state index in [9.17, 15) is 0 Å². The number of carbonyl (C=O) groups is 1. The van der Waals surface area contributed by atoms with E-state index >= 15 is 0 Å². The van der Waals surface area contributed by atoms with Crippen LogP contribution in [0.3, 0.4) is 0 Å². The van der Waals surface area contributed by atoms with E-state index in [1.807, 2.05) is 0 Å². The lowest BCUT2D eigenvalue weighted by atomic mass is 9.99. The molecule has 0 aliphatic carbocycles. The monoisotopic (exact) mass is 179 g/mol. The van der Waals surface area contributed by atoms with E-state index in [4.69, 9.17) is 25.8 Å². The third-order valence-electron chi connectivity index (χ3n) is 1.30. The zero-order chi connectivity index (χ0) is 10.4. The highest BCUT2D eigenvalue weighted by atomic mass is 16.4. The van der Waals surface area contributed by atoms with Gasteiger partial charge in [-0.15, -0.1) is 0 Å². The third kappa shape index (κ3) is 9.35. The van der Waals surface area contributed by atoms with Crippen molar-refractivity contribution in [2.45, 2.75) is 32.4 Å². The highest BCUT2D eigenvalue weighted by molar-refractivity contribution is 5.62. The summed E-state index contributed by atoms with van der Waals surface area (Å²) < 4.78 is 0. The van der Waals surface area contributed by atoms with Crippen LogP contribution < -0.4 is 5.73 Å². The van der Waals surface area contributed by atoms with Crippen LogP contribution >= 0.6 is 0 Å². The molecular formula is C7H17NO4. The Balaban J connectivity index is 0. The number of aliphatic hydroxyl groups excluding tert-OH is 2. The van der Waals surface area contributed by atoms with Gasteiger partial charge in [-0.25, -0.2) is 0 Å². The SMILES string of the molecule is CC(=O)O.C[C@@H](O)[C@](C)(N)CO. The van der Waals surface area contributed by atoms with Crippen molar-refractivity contribution in [2.24, 2.45) is 5.73 Å². The Hall–Kier alpha value is -0.650. The van der Waals surface area contributed by atoms with Gasteiger partial charge < -0.3 is 21.1 Å². The van der Waals surface area contributed by atoms with Crippen molar-refractivity contribution in [3.8, 4) is 0 Å². The fourth-order valence-electron chi connectivity index (χ4n) is 0.132. The van der Waals surface area contributed by atoms with Crippen LogP contribution in [0.5, 0.6) is 0 Å². The molecule has 0 aromatic rings. The molecule has 12 heavy (non-hydrogen) atoms. The molecule has 5 heteroatoms. The maximum absolute atomic E-state index is 9.00. The van der Waals surface area contributed by atoms with Crippen LogP contribution in [0, 0.1) is 0 Å². The lowest BCUT2D eigenvalue weighted by Crippen LogP contribution is -2.49. The van der Waals surface area contributed by atoms with Gasteiger partial charge >= 0.3 is 0 Å². The number of rotatable bonds is 2. The number of hydrogen-bond donors (Lipinski definition) is 4. The maximum atomic E-state index is 9.00. The number of carboxylic acid groups (broad SMARTS) is 1. The van der Waals surface area contributed by atoms with E-state index in [0.717, 1.165) is 6.92 Å². The molecule has 5 nitrogen and oxygen atoms in total. The van der Waals surface area contributed by atoms with Gasteiger partial charge in [0.05, 0.1) is 18.2 Å². The fourth-order valence-corrected chi connectivity index (χ4v) is 0.132. The molecule has 0 bridgehead atoms. The topological polar surface area (TPSA) is 104 Å². The molecule has 0 fully saturated rings. The molecule has 0 aromatic heterocycles. The minimum absolute atomic E-state index is 0.190. The smallest absolute Gasteiger partial charge is 0.300 e. The lowest BCUT2D eigenvalue weighted by Gasteiger charge is -2.24. The normalized spacial score (nSPS) is 16.8. The van der Waals surface area contributed by atoms with E-state index in [1.54, 1.807) is 13.8 Å². The van der Waals surface area contributed by atoms with Crippen molar-refractivity contribution < 1.29 is 20.1 Å². The van der Waals surface area contributed by atoms with E-state index in [1.165, 1.54) is 0 Å². The maximum Gasteiger partial charge on any atom is 0.300 e. The molecule has 0 unspecified atom stereocenters. The number of nitrogens with two attached hydrogens (primary N) is 1. The first-order valence-electron chi connectivity index (χ1n) is 3.51. The van der Waals surface area contributed by atoms with Crippen molar-refractivity contribution in [1.29, 1.82) is 0 Å². The molecular weight excluding hydrogens is 162 g/mol. The molecule has 74 valence electrons. The second kappa shape index (κ2) is 5.93. The van der Waals surface area contributed by atoms with Crippen molar-refractivity contribution >= 4 is 5.97 Å². The molecule has 0 aromatic carbocycles. The molecule has 0 saturated carbocycles. The Morgan fingerprint density at radius 1 is 1.67 bits per heavy atom. The quantitative estimate of drug-likeness (QED) is 0.443. The summed E-state index contributed by atoms with van der Waals surface area (Å²) >= 11 is 0. The first kappa shape index (κ1) is 13.9. The van der Waals surface area contributed by atoms with Crippen LogP contribution in [-0.2, 0) is 4.79 Å². The predicted molar refractivity (Wildman–Crippen MR) is 44.7 cm³/mol. The van der Waals surface area contributed by atoms with Crippen molar-refractivity contribution in [2.75, 3.05) is 6.61 Å². The largest absolute Gasteiger partial charge is 0.481 e. The van der Waals surface area contributed by atoms with Gasteiger partial charge in [0.2, 0.25) is 0 Å². The molecule has 0 spiro atoms.